The molecule has 0 aliphatic rings. The quantitative estimate of drug-likeness (QED) is 0.666. The van der Waals surface area contributed by atoms with Crippen LogP contribution in [0.2, 0.25) is 0 Å². The molecule has 2 aromatic heterocycles. The van der Waals surface area contributed by atoms with Crippen LogP contribution in [0.4, 0.5) is 13.2 Å². The largest absolute Gasteiger partial charge is 0.418 e. The Morgan fingerprint density at radius 2 is 1.84 bits per heavy atom. The molecule has 6 heteroatoms. The van der Waals surface area contributed by atoms with E-state index in [1.807, 2.05) is 18.2 Å². The number of hydrogen-bond acceptors (Lipinski definition) is 2. The number of H-pyrrole nitrogens is 1. The van der Waals surface area contributed by atoms with Crippen molar-refractivity contribution in [2.75, 3.05) is 0 Å². The number of aromatic amines is 1. The minimum atomic E-state index is -4.45. The van der Waals surface area contributed by atoms with Gasteiger partial charge in [-0.15, -0.1) is 0 Å². The van der Waals surface area contributed by atoms with Crippen LogP contribution in [0.15, 0.2) is 55.9 Å². The van der Waals surface area contributed by atoms with Crippen LogP contribution in [0, 0.1) is 0 Å². The molecule has 0 saturated carbocycles. The molecule has 0 unspecified atom stereocenters. The highest BCUT2D eigenvalue weighted by atomic mass is 19.4. The highest BCUT2D eigenvalue weighted by molar-refractivity contribution is 5.82. The molecular formula is C19H16F3N3. The lowest BCUT2D eigenvalue weighted by molar-refractivity contribution is -0.138. The van der Waals surface area contributed by atoms with Gasteiger partial charge in [0.15, 0.2) is 0 Å². The van der Waals surface area contributed by atoms with Crippen LogP contribution >= 0.6 is 0 Å². The van der Waals surface area contributed by atoms with Crippen LogP contribution in [0.5, 0.6) is 0 Å². The Labute approximate surface area is 142 Å². The highest BCUT2D eigenvalue weighted by Gasteiger charge is 2.34. The van der Waals surface area contributed by atoms with E-state index in [0.717, 1.165) is 28.1 Å². The number of hydrogen-bond donors (Lipinski definition) is 1. The number of halogens is 3. The number of alkyl halides is 3. The summed E-state index contributed by atoms with van der Waals surface area (Å²) in [6.45, 7) is 7.83. The van der Waals surface area contributed by atoms with Crippen molar-refractivity contribution < 1.29 is 13.2 Å². The lowest BCUT2D eigenvalue weighted by Crippen LogP contribution is -2.10. The molecule has 0 amide bonds. The molecule has 0 radical (unpaired) electrons. The van der Waals surface area contributed by atoms with Crippen molar-refractivity contribution in [1.29, 1.82) is 0 Å². The van der Waals surface area contributed by atoms with E-state index in [2.05, 4.69) is 28.3 Å². The van der Waals surface area contributed by atoms with E-state index in [4.69, 9.17) is 0 Å². The Balaban J connectivity index is 1.73. The standard InChI is InChI=1S/C19H16F3N3/c1-12(14-7-8-17-15(10-14)11-24-25-17)5-6-13(2)18-16(19(20,21)22)4-3-9-23-18/h3-4,7-11H,1-2,5-6H2,(H,24,25). The molecule has 0 fully saturated rings. The van der Waals surface area contributed by atoms with Gasteiger partial charge in [-0.1, -0.05) is 19.2 Å². The summed E-state index contributed by atoms with van der Waals surface area (Å²) in [7, 11) is 0. The van der Waals surface area contributed by atoms with Gasteiger partial charge in [0, 0.05) is 11.6 Å². The molecule has 0 bridgehead atoms. The van der Waals surface area contributed by atoms with E-state index in [1.54, 1.807) is 6.20 Å². The Morgan fingerprint density at radius 3 is 2.60 bits per heavy atom. The molecule has 0 aliphatic carbocycles. The molecule has 3 rings (SSSR count). The van der Waals surface area contributed by atoms with Crippen molar-refractivity contribution in [3.05, 3.63) is 72.7 Å². The lowest BCUT2D eigenvalue weighted by atomic mass is 9.96. The van der Waals surface area contributed by atoms with Crippen molar-refractivity contribution >= 4 is 22.0 Å². The Bertz CT molecular complexity index is 938. The number of pyridine rings is 1. The molecule has 25 heavy (non-hydrogen) atoms. The van der Waals surface area contributed by atoms with Gasteiger partial charge in [0.05, 0.1) is 23.0 Å². The SMILES string of the molecule is C=C(CCC(=C)c1ncccc1C(F)(F)F)c1ccc2[nH]ncc2c1. The first-order valence-electron chi connectivity index (χ1n) is 7.68. The first-order valence-corrected chi connectivity index (χ1v) is 7.68. The van der Waals surface area contributed by atoms with Crippen LogP contribution in [0.1, 0.15) is 29.7 Å². The number of aromatic nitrogens is 3. The normalized spacial score (nSPS) is 11.6. The summed E-state index contributed by atoms with van der Waals surface area (Å²) in [5.41, 5.74) is 2.16. The van der Waals surface area contributed by atoms with Crippen molar-refractivity contribution in [3.8, 4) is 0 Å². The minimum Gasteiger partial charge on any atom is -0.278 e. The molecule has 1 aromatic carbocycles. The smallest absolute Gasteiger partial charge is 0.278 e. The van der Waals surface area contributed by atoms with Crippen molar-refractivity contribution in [3.63, 3.8) is 0 Å². The number of fused-ring (bicyclic) bond motifs is 1. The predicted molar refractivity (Wildman–Crippen MR) is 92.6 cm³/mol. The van der Waals surface area contributed by atoms with E-state index in [-0.39, 0.29) is 5.69 Å². The fourth-order valence-electron chi connectivity index (χ4n) is 2.64. The van der Waals surface area contributed by atoms with Gasteiger partial charge in [0.25, 0.3) is 0 Å². The van der Waals surface area contributed by atoms with Gasteiger partial charge in [-0.05, 0) is 53.8 Å². The number of allylic oxidation sites excluding steroid dienone is 2. The lowest BCUT2D eigenvalue weighted by Gasteiger charge is -2.14. The van der Waals surface area contributed by atoms with Crippen molar-refractivity contribution in [1.82, 2.24) is 15.2 Å². The molecule has 2 heterocycles. The van der Waals surface area contributed by atoms with E-state index in [9.17, 15) is 13.2 Å². The summed E-state index contributed by atoms with van der Waals surface area (Å²) in [5, 5.41) is 7.79. The topological polar surface area (TPSA) is 41.6 Å². The maximum Gasteiger partial charge on any atom is 0.418 e. The third-order valence-corrected chi connectivity index (χ3v) is 4.03. The summed E-state index contributed by atoms with van der Waals surface area (Å²) in [6.07, 6.45) is -0.541. The van der Waals surface area contributed by atoms with Gasteiger partial charge in [0.2, 0.25) is 0 Å². The van der Waals surface area contributed by atoms with E-state index in [1.165, 1.54) is 12.3 Å². The zero-order valence-corrected chi connectivity index (χ0v) is 13.4. The van der Waals surface area contributed by atoms with Gasteiger partial charge < -0.3 is 0 Å². The fraction of sp³-hybridized carbons (Fsp3) is 0.158. The van der Waals surface area contributed by atoms with Gasteiger partial charge in [-0.2, -0.15) is 18.3 Å². The Morgan fingerprint density at radius 1 is 1.08 bits per heavy atom. The maximum atomic E-state index is 13.1. The van der Waals surface area contributed by atoms with E-state index < -0.39 is 11.7 Å². The average Bonchev–Trinajstić information content (AvgIpc) is 3.06. The fourth-order valence-corrected chi connectivity index (χ4v) is 2.64. The third kappa shape index (κ3) is 3.63. The van der Waals surface area contributed by atoms with E-state index >= 15 is 0 Å². The molecular weight excluding hydrogens is 327 g/mol. The van der Waals surface area contributed by atoms with Crippen LogP contribution in [-0.4, -0.2) is 15.2 Å². The minimum absolute atomic E-state index is 0.104. The molecule has 0 spiro atoms. The van der Waals surface area contributed by atoms with Crippen LogP contribution in [-0.2, 0) is 6.18 Å². The molecule has 128 valence electrons. The van der Waals surface area contributed by atoms with Crippen molar-refractivity contribution in [2.24, 2.45) is 0 Å². The Kier molecular flexibility index (Phi) is 4.44. The van der Waals surface area contributed by atoms with Crippen LogP contribution in [0.25, 0.3) is 22.0 Å². The Hall–Kier alpha value is -2.89. The van der Waals surface area contributed by atoms with E-state index in [0.29, 0.717) is 18.4 Å². The van der Waals surface area contributed by atoms with Gasteiger partial charge in [-0.25, -0.2) is 0 Å². The zero-order valence-electron chi connectivity index (χ0n) is 13.4. The van der Waals surface area contributed by atoms with Crippen molar-refractivity contribution in [2.45, 2.75) is 19.0 Å². The summed E-state index contributed by atoms with van der Waals surface area (Å²) in [6, 6.07) is 8.06. The molecule has 0 saturated heterocycles. The summed E-state index contributed by atoms with van der Waals surface area (Å²) in [4.78, 5) is 3.87. The molecule has 1 N–H and O–H groups in total. The molecule has 3 aromatic rings. The number of nitrogens with one attached hydrogen (secondary N) is 1. The second-order valence-corrected chi connectivity index (χ2v) is 5.78. The first-order chi connectivity index (χ1) is 11.9. The number of benzene rings is 1. The van der Waals surface area contributed by atoms with Crippen LogP contribution in [0.3, 0.4) is 0 Å². The zero-order chi connectivity index (χ0) is 18.0. The van der Waals surface area contributed by atoms with Gasteiger partial charge >= 0.3 is 6.18 Å². The average molecular weight is 343 g/mol. The maximum absolute atomic E-state index is 13.1. The number of nitrogens with zero attached hydrogens (tertiary/aromatic N) is 2. The monoisotopic (exact) mass is 343 g/mol. The summed E-state index contributed by atoms with van der Waals surface area (Å²) < 4.78 is 39.2. The van der Waals surface area contributed by atoms with Gasteiger partial charge in [0.1, 0.15) is 0 Å². The highest BCUT2D eigenvalue weighted by Crippen LogP contribution is 2.35. The molecule has 0 aliphatic heterocycles. The van der Waals surface area contributed by atoms with Crippen LogP contribution < -0.4 is 0 Å². The molecule has 3 nitrogen and oxygen atoms in total. The summed E-state index contributed by atoms with van der Waals surface area (Å²) >= 11 is 0. The summed E-state index contributed by atoms with van der Waals surface area (Å²) in [5.74, 6) is 0. The predicted octanol–water partition coefficient (Wildman–Crippen LogP) is 5.48. The third-order valence-electron chi connectivity index (χ3n) is 4.03. The van der Waals surface area contributed by atoms with Gasteiger partial charge in [-0.3, -0.25) is 10.1 Å². The molecule has 0 atom stereocenters. The second-order valence-electron chi connectivity index (χ2n) is 5.78. The second kappa shape index (κ2) is 6.55. The first kappa shape index (κ1) is 17.0. The number of rotatable bonds is 5.